The number of fused-ring (bicyclic) bond motifs is 1. The van der Waals surface area contributed by atoms with Crippen molar-refractivity contribution in [1.29, 1.82) is 0 Å². The zero-order valence-electron chi connectivity index (χ0n) is 19.4. The number of amidine groups is 1. The van der Waals surface area contributed by atoms with Gasteiger partial charge in [-0.3, -0.25) is 14.5 Å². The monoisotopic (exact) mass is 521 g/mol. The first kappa shape index (κ1) is 24.2. The Labute approximate surface area is 218 Å². The normalized spacial score (nSPS) is 17.9. The fourth-order valence-corrected chi connectivity index (χ4v) is 5.27. The third-order valence-corrected chi connectivity index (χ3v) is 7.22. The lowest BCUT2D eigenvalue weighted by molar-refractivity contribution is -0.130. The summed E-state index contributed by atoms with van der Waals surface area (Å²) in [5, 5.41) is 3.40. The van der Waals surface area contributed by atoms with Gasteiger partial charge < -0.3 is 14.8 Å². The molecule has 3 aromatic carbocycles. The van der Waals surface area contributed by atoms with Gasteiger partial charge in [0, 0.05) is 18.0 Å². The van der Waals surface area contributed by atoms with Crippen molar-refractivity contribution in [2.24, 2.45) is 4.99 Å². The number of hydrogen-bond acceptors (Lipinski definition) is 6. The standard InChI is InChI=1S/C27H24ClN3O4S/c28-20-7-4-8-21(14-20)30-27-31(16-19-9-10-22-23(13-19)35-17-34-22)25(32)15-24(36-27)26(33)29-12-11-18-5-2-1-3-6-18/h1-10,13-14,24H,11-12,15-17H2,(H,29,33). The summed E-state index contributed by atoms with van der Waals surface area (Å²) in [6.45, 7) is 0.972. The van der Waals surface area contributed by atoms with Crippen LogP contribution in [0.3, 0.4) is 0 Å². The number of carbonyl (C=O) groups is 2. The Hall–Kier alpha value is -3.49. The first-order chi connectivity index (χ1) is 17.5. The highest BCUT2D eigenvalue weighted by atomic mass is 35.5. The Morgan fingerprint density at radius 3 is 2.69 bits per heavy atom. The van der Waals surface area contributed by atoms with E-state index < -0.39 is 5.25 Å². The van der Waals surface area contributed by atoms with E-state index in [2.05, 4.69) is 5.32 Å². The summed E-state index contributed by atoms with van der Waals surface area (Å²) in [5.41, 5.74) is 2.62. The maximum atomic E-state index is 13.3. The van der Waals surface area contributed by atoms with Crippen LogP contribution < -0.4 is 14.8 Å². The summed E-state index contributed by atoms with van der Waals surface area (Å²) in [7, 11) is 0. The number of carbonyl (C=O) groups excluding carboxylic acids is 2. The zero-order valence-corrected chi connectivity index (χ0v) is 20.9. The van der Waals surface area contributed by atoms with Crippen molar-refractivity contribution in [3.63, 3.8) is 0 Å². The topological polar surface area (TPSA) is 80.2 Å². The van der Waals surface area contributed by atoms with Crippen LogP contribution in [0.4, 0.5) is 5.69 Å². The van der Waals surface area contributed by atoms with Gasteiger partial charge in [0.05, 0.1) is 17.5 Å². The maximum Gasteiger partial charge on any atom is 0.234 e. The van der Waals surface area contributed by atoms with E-state index in [0.717, 1.165) is 17.5 Å². The number of ether oxygens (including phenoxy) is 2. The smallest absolute Gasteiger partial charge is 0.234 e. The molecule has 36 heavy (non-hydrogen) atoms. The van der Waals surface area contributed by atoms with E-state index in [1.807, 2.05) is 54.6 Å². The predicted octanol–water partition coefficient (Wildman–Crippen LogP) is 4.95. The molecule has 1 fully saturated rings. The number of hydrogen-bond donors (Lipinski definition) is 1. The summed E-state index contributed by atoms with van der Waals surface area (Å²) < 4.78 is 10.9. The molecule has 0 radical (unpaired) electrons. The molecule has 0 bridgehead atoms. The van der Waals surface area contributed by atoms with Gasteiger partial charge in [0.2, 0.25) is 18.6 Å². The number of thioether (sulfide) groups is 1. The molecule has 2 aliphatic heterocycles. The Kier molecular flexibility index (Phi) is 7.44. The molecule has 0 spiro atoms. The average molecular weight is 522 g/mol. The van der Waals surface area contributed by atoms with Crippen molar-refractivity contribution in [2.75, 3.05) is 13.3 Å². The first-order valence-electron chi connectivity index (χ1n) is 11.6. The van der Waals surface area contributed by atoms with Gasteiger partial charge in [0.25, 0.3) is 0 Å². The molecule has 0 aromatic heterocycles. The van der Waals surface area contributed by atoms with Gasteiger partial charge in [-0.2, -0.15) is 0 Å². The molecule has 1 N–H and O–H groups in total. The van der Waals surface area contributed by atoms with Crippen molar-refractivity contribution >= 4 is 46.0 Å². The number of halogens is 1. The van der Waals surface area contributed by atoms with Gasteiger partial charge in [-0.15, -0.1) is 0 Å². The maximum absolute atomic E-state index is 13.3. The number of rotatable bonds is 7. The van der Waals surface area contributed by atoms with Crippen LogP contribution in [0.1, 0.15) is 17.5 Å². The van der Waals surface area contributed by atoms with Gasteiger partial charge >= 0.3 is 0 Å². The lowest BCUT2D eigenvalue weighted by atomic mass is 10.1. The quantitative estimate of drug-likeness (QED) is 0.476. The molecule has 7 nitrogen and oxygen atoms in total. The molecule has 2 aliphatic rings. The van der Waals surface area contributed by atoms with Crippen LogP contribution in [-0.4, -0.2) is 40.5 Å². The van der Waals surface area contributed by atoms with Gasteiger partial charge in [0.1, 0.15) is 0 Å². The van der Waals surface area contributed by atoms with Gasteiger partial charge in [-0.05, 0) is 47.9 Å². The van der Waals surface area contributed by atoms with Gasteiger partial charge in [0.15, 0.2) is 16.7 Å². The van der Waals surface area contributed by atoms with Crippen molar-refractivity contribution in [2.45, 2.75) is 24.6 Å². The van der Waals surface area contributed by atoms with E-state index in [9.17, 15) is 9.59 Å². The number of nitrogens with zero attached hydrogens (tertiary/aromatic N) is 2. The number of aliphatic imine (C=N–C) groups is 1. The highest BCUT2D eigenvalue weighted by Gasteiger charge is 2.36. The predicted molar refractivity (Wildman–Crippen MR) is 141 cm³/mol. The summed E-state index contributed by atoms with van der Waals surface area (Å²) >= 11 is 7.44. The van der Waals surface area contributed by atoms with Crippen molar-refractivity contribution in [1.82, 2.24) is 10.2 Å². The summed E-state index contributed by atoms with van der Waals surface area (Å²) in [4.78, 5) is 32.6. The molecule has 184 valence electrons. The molecule has 0 saturated carbocycles. The summed E-state index contributed by atoms with van der Waals surface area (Å²) in [6, 6.07) is 22.6. The highest BCUT2D eigenvalue weighted by molar-refractivity contribution is 8.15. The van der Waals surface area contributed by atoms with Crippen LogP contribution in [0.25, 0.3) is 0 Å². The van der Waals surface area contributed by atoms with E-state index >= 15 is 0 Å². The van der Waals surface area contributed by atoms with Crippen LogP contribution in [0.15, 0.2) is 77.8 Å². The largest absolute Gasteiger partial charge is 0.454 e. The van der Waals surface area contributed by atoms with Gasteiger partial charge in [-0.25, -0.2) is 4.99 Å². The molecule has 5 rings (SSSR count). The molecule has 1 atom stereocenters. The molecule has 2 amide bonds. The minimum atomic E-state index is -0.570. The second-order valence-electron chi connectivity index (χ2n) is 8.38. The summed E-state index contributed by atoms with van der Waals surface area (Å²) in [6.07, 6.45) is 0.804. The molecular formula is C27H24ClN3O4S. The second kappa shape index (κ2) is 11.1. The van der Waals surface area contributed by atoms with Crippen LogP contribution >= 0.6 is 23.4 Å². The average Bonchev–Trinajstić information content (AvgIpc) is 3.34. The summed E-state index contributed by atoms with van der Waals surface area (Å²) in [5.74, 6) is 0.980. The molecular weight excluding hydrogens is 498 g/mol. The lowest BCUT2D eigenvalue weighted by Gasteiger charge is -2.32. The van der Waals surface area contributed by atoms with Crippen LogP contribution in [0.5, 0.6) is 11.5 Å². The van der Waals surface area contributed by atoms with E-state index in [4.69, 9.17) is 26.1 Å². The van der Waals surface area contributed by atoms with E-state index in [1.165, 1.54) is 11.8 Å². The van der Waals surface area contributed by atoms with Crippen LogP contribution in [-0.2, 0) is 22.6 Å². The fraction of sp³-hybridized carbons (Fsp3) is 0.222. The Morgan fingerprint density at radius 1 is 1.03 bits per heavy atom. The lowest BCUT2D eigenvalue weighted by Crippen LogP contribution is -2.46. The molecule has 1 saturated heterocycles. The molecule has 0 aliphatic carbocycles. The number of amides is 2. The fourth-order valence-electron chi connectivity index (χ4n) is 3.96. The Balaban J connectivity index is 1.33. The third kappa shape index (κ3) is 5.83. The second-order valence-corrected chi connectivity index (χ2v) is 9.99. The first-order valence-corrected chi connectivity index (χ1v) is 12.8. The van der Waals surface area contributed by atoms with Crippen molar-refractivity contribution in [3.05, 3.63) is 88.9 Å². The minimum absolute atomic E-state index is 0.0843. The van der Waals surface area contributed by atoms with Gasteiger partial charge in [-0.1, -0.05) is 65.8 Å². The SMILES string of the molecule is O=C(NCCc1ccccc1)C1CC(=O)N(Cc2ccc3c(c2)OCO3)C(=Nc2cccc(Cl)c2)S1. The zero-order chi connectivity index (χ0) is 24.9. The molecule has 3 aromatic rings. The third-order valence-electron chi connectivity index (χ3n) is 5.80. The molecule has 9 heteroatoms. The van der Waals surface area contributed by atoms with Crippen LogP contribution in [0, 0.1) is 0 Å². The van der Waals surface area contributed by atoms with Crippen molar-refractivity contribution in [3.8, 4) is 11.5 Å². The number of benzene rings is 3. The van der Waals surface area contributed by atoms with E-state index in [-0.39, 0.29) is 25.0 Å². The van der Waals surface area contributed by atoms with Crippen molar-refractivity contribution < 1.29 is 19.1 Å². The highest BCUT2D eigenvalue weighted by Crippen LogP contribution is 2.35. The van der Waals surface area contributed by atoms with E-state index in [1.54, 1.807) is 23.1 Å². The minimum Gasteiger partial charge on any atom is -0.454 e. The Morgan fingerprint density at radius 2 is 1.86 bits per heavy atom. The van der Waals surface area contributed by atoms with Crippen LogP contribution in [0.2, 0.25) is 5.02 Å². The van der Waals surface area contributed by atoms with E-state index in [0.29, 0.717) is 40.5 Å². The molecule has 1 unspecified atom stereocenters. The Bertz CT molecular complexity index is 1300. The number of nitrogens with one attached hydrogen (secondary N) is 1. The molecule has 2 heterocycles.